The van der Waals surface area contributed by atoms with Crippen molar-refractivity contribution in [2.45, 2.75) is 17.9 Å². The lowest BCUT2D eigenvalue weighted by Gasteiger charge is -2.40. The van der Waals surface area contributed by atoms with Gasteiger partial charge in [-0.1, -0.05) is 28.1 Å². The van der Waals surface area contributed by atoms with Crippen LogP contribution in [0.1, 0.15) is 29.0 Å². The zero-order valence-electron chi connectivity index (χ0n) is 28.9. The highest BCUT2D eigenvalue weighted by Gasteiger charge is 2.47. The monoisotopic (exact) mass is 732 g/mol. The molecule has 2 atom stereocenters. The van der Waals surface area contributed by atoms with Crippen LogP contribution in [0, 0.1) is 0 Å². The Kier molecular flexibility index (Phi) is 11.1. The minimum absolute atomic E-state index is 0.165. The van der Waals surface area contributed by atoms with E-state index in [-0.39, 0.29) is 18.2 Å². The number of methoxy groups -OCH3 is 6. The fourth-order valence-electron chi connectivity index (χ4n) is 6.22. The van der Waals surface area contributed by atoms with Gasteiger partial charge >= 0.3 is 0 Å². The van der Waals surface area contributed by atoms with Gasteiger partial charge < -0.3 is 38.4 Å². The number of fused-ring (bicyclic) bond motifs is 1. The number of hydrogen-bond donors (Lipinski definition) is 1. The zero-order valence-corrected chi connectivity index (χ0v) is 30.5. The topological polar surface area (TPSA) is 118 Å². The minimum Gasteiger partial charge on any atom is -0.493 e. The quantitative estimate of drug-likeness (QED) is 0.135. The Balaban J connectivity index is 1.94. The Labute approximate surface area is 294 Å². The molecule has 3 heterocycles. The fourth-order valence-corrected chi connectivity index (χ4v) is 6.60. The third-order valence-electron chi connectivity index (χ3n) is 8.54. The highest BCUT2D eigenvalue weighted by Crippen LogP contribution is 2.55. The summed E-state index contributed by atoms with van der Waals surface area (Å²) in [4.78, 5) is 15.7. The number of aromatic nitrogens is 3. The van der Waals surface area contributed by atoms with E-state index in [0.717, 1.165) is 26.5 Å². The van der Waals surface area contributed by atoms with Crippen LogP contribution in [0.2, 0.25) is 0 Å². The van der Waals surface area contributed by atoms with Crippen molar-refractivity contribution in [1.29, 1.82) is 0 Å². The van der Waals surface area contributed by atoms with Crippen LogP contribution in [0.25, 0.3) is 22.0 Å². The first kappa shape index (κ1) is 35.7. The van der Waals surface area contributed by atoms with E-state index in [1.165, 1.54) is 21.3 Å². The van der Waals surface area contributed by atoms with Gasteiger partial charge in [0, 0.05) is 45.5 Å². The molecule has 11 nitrogen and oxygen atoms in total. The van der Waals surface area contributed by atoms with Crippen LogP contribution in [0.15, 0.2) is 71.5 Å². The molecule has 0 aliphatic heterocycles. The van der Waals surface area contributed by atoms with Crippen LogP contribution < -0.4 is 28.4 Å². The molecular weight excluding hydrogens is 692 g/mol. The summed E-state index contributed by atoms with van der Waals surface area (Å²) in [6.45, 7) is 0.480. The van der Waals surface area contributed by atoms with Crippen molar-refractivity contribution < 1.29 is 33.5 Å². The summed E-state index contributed by atoms with van der Waals surface area (Å²) in [6, 6.07) is 17.2. The van der Waals surface area contributed by atoms with Gasteiger partial charge in [-0.25, -0.2) is 4.98 Å². The maximum atomic E-state index is 13.6. The molecule has 0 aliphatic rings. The second kappa shape index (κ2) is 15.3. The number of hydrogen-bond acceptors (Lipinski definition) is 11. The van der Waals surface area contributed by atoms with E-state index < -0.39 is 11.5 Å². The van der Waals surface area contributed by atoms with E-state index >= 15 is 0 Å². The molecule has 2 aromatic carbocycles. The molecule has 12 heteroatoms. The lowest BCUT2D eigenvalue weighted by atomic mass is 9.71. The molecule has 3 aromatic heterocycles. The molecule has 258 valence electrons. The second-order valence-electron chi connectivity index (χ2n) is 11.6. The summed E-state index contributed by atoms with van der Waals surface area (Å²) in [7, 11) is 13.2. The number of pyridine rings is 3. The summed E-state index contributed by atoms with van der Waals surface area (Å²) in [5.74, 6) is 1.06. The van der Waals surface area contributed by atoms with E-state index in [0.29, 0.717) is 46.4 Å². The molecule has 0 bridgehead atoms. The predicted octanol–water partition coefficient (Wildman–Crippen LogP) is 6.48. The summed E-state index contributed by atoms with van der Waals surface area (Å²) >= 11 is 3.61. The van der Waals surface area contributed by atoms with Crippen molar-refractivity contribution >= 4 is 26.8 Å². The minimum atomic E-state index is -1.74. The van der Waals surface area contributed by atoms with Crippen LogP contribution in [-0.2, 0) is 5.60 Å². The third kappa shape index (κ3) is 6.94. The average Bonchev–Trinajstić information content (AvgIpc) is 3.12. The summed E-state index contributed by atoms with van der Waals surface area (Å²) in [6.07, 6.45) is 3.66. The lowest BCUT2D eigenvalue weighted by Crippen LogP contribution is -2.38. The smallest absolute Gasteiger partial charge is 0.260 e. The molecule has 0 fully saturated rings. The van der Waals surface area contributed by atoms with Gasteiger partial charge in [-0.15, -0.1) is 0 Å². The van der Waals surface area contributed by atoms with Gasteiger partial charge in [0.25, 0.3) is 5.88 Å². The van der Waals surface area contributed by atoms with Crippen molar-refractivity contribution in [3.63, 3.8) is 0 Å². The highest BCUT2D eigenvalue weighted by molar-refractivity contribution is 9.10. The molecule has 0 aliphatic carbocycles. The fraction of sp³-hybridized carbons (Fsp3) is 0.324. The van der Waals surface area contributed by atoms with Crippen LogP contribution in [0.3, 0.4) is 0 Å². The Morgan fingerprint density at radius 1 is 0.735 bits per heavy atom. The summed E-state index contributed by atoms with van der Waals surface area (Å²) in [5.41, 5.74) is 2.24. The molecule has 1 N–H and O–H groups in total. The van der Waals surface area contributed by atoms with Gasteiger partial charge in [-0.05, 0) is 68.5 Å². The van der Waals surface area contributed by atoms with Crippen LogP contribution in [0.4, 0.5) is 0 Å². The van der Waals surface area contributed by atoms with E-state index in [1.807, 2.05) is 67.5 Å². The Morgan fingerprint density at radius 2 is 1.43 bits per heavy atom. The van der Waals surface area contributed by atoms with E-state index in [1.54, 1.807) is 39.8 Å². The number of nitrogens with zero attached hydrogens (tertiary/aromatic N) is 4. The molecule has 0 spiro atoms. The van der Waals surface area contributed by atoms with Gasteiger partial charge in [0.05, 0.1) is 59.7 Å². The molecule has 0 amide bonds. The Bertz CT molecular complexity index is 1930. The van der Waals surface area contributed by atoms with Gasteiger partial charge in [-0.3, -0.25) is 4.98 Å². The average molecular weight is 734 g/mol. The number of aliphatic hydroxyl groups is 1. The SMILES string of the molecule is COc1cc([C@](O)(CCN(C)C)[C@@H](c2cc3cc(Br)ccc3nc2OC)c2ccc(-c3ccncc3)c(OC)c2OC)c(OC)nc1OC. The van der Waals surface area contributed by atoms with Crippen LogP contribution in [0.5, 0.6) is 34.9 Å². The van der Waals surface area contributed by atoms with Crippen LogP contribution in [-0.4, -0.2) is 88.3 Å². The molecule has 0 saturated carbocycles. The van der Waals surface area contributed by atoms with Gasteiger partial charge in [0.2, 0.25) is 11.8 Å². The van der Waals surface area contributed by atoms with Crippen molar-refractivity contribution in [2.75, 3.05) is 63.3 Å². The van der Waals surface area contributed by atoms with E-state index in [9.17, 15) is 5.11 Å². The maximum absolute atomic E-state index is 13.6. The van der Waals surface area contributed by atoms with E-state index in [4.69, 9.17) is 33.4 Å². The highest BCUT2D eigenvalue weighted by atomic mass is 79.9. The third-order valence-corrected chi connectivity index (χ3v) is 9.03. The number of benzene rings is 2. The molecule has 0 unspecified atom stereocenters. The molecule has 5 rings (SSSR count). The number of rotatable bonds is 14. The van der Waals surface area contributed by atoms with Crippen molar-refractivity contribution in [3.05, 3.63) is 88.2 Å². The normalized spacial score (nSPS) is 13.1. The summed E-state index contributed by atoms with van der Waals surface area (Å²) < 4.78 is 36.2. The first-order valence-electron chi connectivity index (χ1n) is 15.5. The van der Waals surface area contributed by atoms with Crippen molar-refractivity contribution in [1.82, 2.24) is 19.9 Å². The zero-order chi connectivity index (χ0) is 35.3. The van der Waals surface area contributed by atoms with Crippen molar-refractivity contribution in [2.24, 2.45) is 0 Å². The van der Waals surface area contributed by atoms with Gasteiger partial charge in [0.15, 0.2) is 17.2 Å². The van der Waals surface area contributed by atoms with Crippen LogP contribution >= 0.6 is 15.9 Å². The predicted molar refractivity (Wildman–Crippen MR) is 192 cm³/mol. The van der Waals surface area contributed by atoms with Crippen molar-refractivity contribution in [3.8, 4) is 46.0 Å². The summed E-state index contributed by atoms with van der Waals surface area (Å²) in [5, 5.41) is 14.4. The van der Waals surface area contributed by atoms with E-state index in [2.05, 4.69) is 25.9 Å². The first-order valence-corrected chi connectivity index (χ1v) is 16.3. The maximum Gasteiger partial charge on any atom is 0.260 e. The molecule has 49 heavy (non-hydrogen) atoms. The second-order valence-corrected chi connectivity index (χ2v) is 12.5. The Hall–Kier alpha value is -4.65. The van der Waals surface area contributed by atoms with Gasteiger partial charge in [0.1, 0.15) is 5.60 Å². The number of ether oxygens (including phenoxy) is 6. The number of halogens is 1. The molecule has 0 radical (unpaired) electrons. The first-order chi connectivity index (χ1) is 23.6. The largest absolute Gasteiger partial charge is 0.493 e. The Morgan fingerprint density at radius 3 is 2.04 bits per heavy atom. The molecular formula is C37H41BrN4O7. The molecule has 0 saturated heterocycles. The standard InChI is InChI=1S/C37H41BrN4O7/c1-42(2)18-15-37(43,28-21-30(44-3)36(49-8)41-35(28)48-7)31(27-20-23-19-24(38)9-12-29(23)40-34(27)47-6)26-11-10-25(22-13-16-39-17-14-22)32(45-4)33(26)46-5/h9-14,16-17,19-21,31,43H,15,18H2,1-8H3/t31-,37-/m1/s1. The lowest BCUT2D eigenvalue weighted by molar-refractivity contribution is 0.000347. The molecule has 5 aromatic rings. The van der Waals surface area contributed by atoms with Gasteiger partial charge in [-0.2, -0.15) is 4.98 Å².